The van der Waals surface area contributed by atoms with Crippen molar-refractivity contribution in [2.24, 2.45) is 0 Å². The Hall–Kier alpha value is -2.53. The number of carbonyl (C=O) groups excluding carboxylic acids is 1. The molecule has 2 N–H and O–H groups in total. The number of hydrogen-bond donors (Lipinski definition) is 2. The van der Waals surface area contributed by atoms with Crippen molar-refractivity contribution in [1.29, 1.82) is 0 Å². The molecule has 112 valence electrons. The number of nitrogens with one attached hydrogen (secondary N) is 2. The van der Waals surface area contributed by atoms with Crippen molar-refractivity contribution >= 4 is 34.4 Å². The number of benzene rings is 2. The first kappa shape index (κ1) is 14.4. The number of aryl methyl sites for hydroxylation is 1. The van der Waals surface area contributed by atoms with E-state index < -0.39 is 0 Å². The fourth-order valence-corrected chi connectivity index (χ4v) is 2.37. The number of aromatic nitrogens is 1. The van der Waals surface area contributed by atoms with Gasteiger partial charge in [0.15, 0.2) is 11.5 Å². The van der Waals surface area contributed by atoms with Gasteiger partial charge in [-0.2, -0.15) is 0 Å². The summed E-state index contributed by atoms with van der Waals surface area (Å²) in [7, 11) is 0. The highest BCUT2D eigenvalue weighted by Crippen LogP contribution is 2.23. The standard InChI is InChI=1S/C16H14ClN3O2/c1-10-19-13-6-3-7-14(15(13)22-10)20-16(21)18-9-11-4-2-5-12(17)8-11/h2-8H,9H2,1H3,(H2,18,20,21). The van der Waals surface area contributed by atoms with Gasteiger partial charge in [-0.15, -0.1) is 0 Å². The number of halogens is 1. The summed E-state index contributed by atoms with van der Waals surface area (Å²) in [5.41, 5.74) is 2.79. The lowest BCUT2D eigenvalue weighted by atomic mass is 10.2. The highest BCUT2D eigenvalue weighted by atomic mass is 35.5. The van der Waals surface area contributed by atoms with Gasteiger partial charge in [-0.3, -0.25) is 0 Å². The van der Waals surface area contributed by atoms with E-state index in [1.165, 1.54) is 0 Å². The number of oxazole rings is 1. The van der Waals surface area contributed by atoms with Gasteiger partial charge in [0.05, 0.1) is 5.69 Å². The summed E-state index contributed by atoms with van der Waals surface area (Å²) < 4.78 is 5.51. The van der Waals surface area contributed by atoms with E-state index in [0.717, 1.165) is 5.56 Å². The van der Waals surface area contributed by atoms with Crippen molar-refractivity contribution in [1.82, 2.24) is 10.3 Å². The summed E-state index contributed by atoms with van der Waals surface area (Å²) in [4.78, 5) is 16.2. The summed E-state index contributed by atoms with van der Waals surface area (Å²) >= 11 is 5.91. The lowest BCUT2D eigenvalue weighted by molar-refractivity contribution is 0.251. The summed E-state index contributed by atoms with van der Waals surface area (Å²) in [5.74, 6) is 0.559. The molecule has 22 heavy (non-hydrogen) atoms. The van der Waals surface area contributed by atoms with Gasteiger partial charge in [-0.1, -0.05) is 29.8 Å². The van der Waals surface area contributed by atoms with Gasteiger partial charge in [0.25, 0.3) is 0 Å². The van der Waals surface area contributed by atoms with E-state index in [1.807, 2.05) is 30.3 Å². The molecule has 0 fully saturated rings. The predicted molar refractivity (Wildman–Crippen MR) is 86.1 cm³/mol. The molecule has 2 amide bonds. The Bertz CT molecular complexity index is 829. The molecule has 3 aromatic rings. The molecule has 0 atom stereocenters. The van der Waals surface area contributed by atoms with E-state index in [4.69, 9.17) is 16.0 Å². The van der Waals surface area contributed by atoms with Gasteiger partial charge in [-0.25, -0.2) is 9.78 Å². The second kappa shape index (κ2) is 6.07. The third-order valence-corrected chi connectivity index (χ3v) is 3.35. The zero-order chi connectivity index (χ0) is 15.5. The highest BCUT2D eigenvalue weighted by molar-refractivity contribution is 6.30. The number of hydrogen-bond acceptors (Lipinski definition) is 3. The second-order valence-electron chi connectivity index (χ2n) is 4.82. The molecule has 5 nitrogen and oxygen atoms in total. The minimum Gasteiger partial charge on any atom is -0.439 e. The zero-order valence-corrected chi connectivity index (χ0v) is 12.6. The molecule has 6 heteroatoms. The van der Waals surface area contributed by atoms with E-state index in [-0.39, 0.29) is 6.03 Å². The monoisotopic (exact) mass is 315 g/mol. The Morgan fingerprint density at radius 3 is 2.91 bits per heavy atom. The molecule has 0 aliphatic heterocycles. The van der Waals surface area contributed by atoms with Crippen LogP contribution in [0.15, 0.2) is 46.9 Å². The molecule has 0 saturated carbocycles. The maximum Gasteiger partial charge on any atom is 0.319 e. The number of nitrogens with zero attached hydrogens (tertiary/aromatic N) is 1. The van der Waals surface area contributed by atoms with Crippen LogP contribution < -0.4 is 10.6 Å². The van der Waals surface area contributed by atoms with Gasteiger partial charge in [0.2, 0.25) is 0 Å². The normalized spacial score (nSPS) is 10.6. The Labute approximate surface area is 132 Å². The van der Waals surface area contributed by atoms with E-state index in [0.29, 0.717) is 34.2 Å². The van der Waals surface area contributed by atoms with Crippen LogP contribution in [0.1, 0.15) is 11.5 Å². The number of carbonyl (C=O) groups is 1. The van der Waals surface area contributed by atoms with Gasteiger partial charge >= 0.3 is 6.03 Å². The molecule has 0 radical (unpaired) electrons. The van der Waals surface area contributed by atoms with Crippen LogP contribution in [0.3, 0.4) is 0 Å². The van der Waals surface area contributed by atoms with Crippen LogP contribution in [0.4, 0.5) is 10.5 Å². The summed E-state index contributed by atoms with van der Waals surface area (Å²) in [6.45, 7) is 2.15. The van der Waals surface area contributed by atoms with Crippen LogP contribution in [-0.2, 0) is 6.54 Å². The lowest BCUT2D eigenvalue weighted by Crippen LogP contribution is -2.28. The quantitative estimate of drug-likeness (QED) is 0.764. The number of anilines is 1. The first-order valence-electron chi connectivity index (χ1n) is 6.77. The summed E-state index contributed by atoms with van der Waals surface area (Å²) in [6.07, 6.45) is 0. The fraction of sp³-hybridized carbons (Fsp3) is 0.125. The van der Waals surface area contributed by atoms with E-state index in [1.54, 1.807) is 19.1 Å². The predicted octanol–water partition coefficient (Wildman–Crippen LogP) is 4.11. The Morgan fingerprint density at radius 2 is 2.09 bits per heavy atom. The van der Waals surface area contributed by atoms with Crippen LogP contribution in [0.25, 0.3) is 11.1 Å². The first-order chi connectivity index (χ1) is 10.6. The molecule has 0 aliphatic rings. The van der Waals surface area contributed by atoms with E-state index in [9.17, 15) is 4.79 Å². The maximum atomic E-state index is 12.0. The summed E-state index contributed by atoms with van der Waals surface area (Å²) in [6, 6.07) is 12.4. The number of rotatable bonds is 3. The van der Waals surface area contributed by atoms with Crippen molar-refractivity contribution < 1.29 is 9.21 Å². The largest absolute Gasteiger partial charge is 0.439 e. The van der Waals surface area contributed by atoms with Crippen molar-refractivity contribution in [2.45, 2.75) is 13.5 Å². The smallest absolute Gasteiger partial charge is 0.319 e. The van der Waals surface area contributed by atoms with Crippen LogP contribution in [0, 0.1) is 6.92 Å². The third-order valence-electron chi connectivity index (χ3n) is 3.11. The minimum absolute atomic E-state index is 0.318. The molecular formula is C16H14ClN3O2. The first-order valence-corrected chi connectivity index (χ1v) is 7.15. The molecule has 0 unspecified atom stereocenters. The molecular weight excluding hydrogens is 302 g/mol. The SMILES string of the molecule is Cc1nc2cccc(NC(=O)NCc3cccc(Cl)c3)c2o1. The van der Waals surface area contributed by atoms with Crippen molar-refractivity contribution in [3.05, 3.63) is 58.9 Å². The Kier molecular flexibility index (Phi) is 3.98. The molecule has 0 spiro atoms. The van der Waals surface area contributed by atoms with Crippen molar-refractivity contribution in [3.8, 4) is 0 Å². The maximum absolute atomic E-state index is 12.0. The highest BCUT2D eigenvalue weighted by Gasteiger charge is 2.10. The fourth-order valence-electron chi connectivity index (χ4n) is 2.15. The molecule has 2 aromatic carbocycles. The molecule has 0 saturated heterocycles. The molecule has 1 aromatic heterocycles. The van der Waals surface area contributed by atoms with E-state index >= 15 is 0 Å². The van der Waals surface area contributed by atoms with Gasteiger partial charge in [0, 0.05) is 18.5 Å². The molecule has 0 aliphatic carbocycles. The topological polar surface area (TPSA) is 67.2 Å². The van der Waals surface area contributed by atoms with Crippen molar-refractivity contribution in [2.75, 3.05) is 5.32 Å². The summed E-state index contributed by atoms with van der Waals surface area (Å²) in [5, 5.41) is 6.18. The van der Waals surface area contributed by atoms with Crippen LogP contribution in [0.2, 0.25) is 5.02 Å². The van der Waals surface area contributed by atoms with E-state index in [2.05, 4.69) is 15.6 Å². The number of fused-ring (bicyclic) bond motifs is 1. The minimum atomic E-state index is -0.318. The molecule has 1 heterocycles. The number of urea groups is 1. The van der Waals surface area contributed by atoms with Gasteiger partial charge in [-0.05, 0) is 29.8 Å². The van der Waals surface area contributed by atoms with Gasteiger partial charge in [0.1, 0.15) is 5.52 Å². The van der Waals surface area contributed by atoms with Crippen molar-refractivity contribution in [3.63, 3.8) is 0 Å². The average Bonchev–Trinajstić information content (AvgIpc) is 2.87. The second-order valence-corrected chi connectivity index (χ2v) is 5.26. The number of para-hydroxylation sites is 1. The van der Waals surface area contributed by atoms with Crippen LogP contribution in [-0.4, -0.2) is 11.0 Å². The van der Waals surface area contributed by atoms with Crippen LogP contribution in [0.5, 0.6) is 0 Å². The number of amides is 2. The molecule has 3 rings (SSSR count). The average molecular weight is 316 g/mol. The zero-order valence-electron chi connectivity index (χ0n) is 11.9. The van der Waals surface area contributed by atoms with Gasteiger partial charge < -0.3 is 15.1 Å². The Balaban J connectivity index is 1.68. The Morgan fingerprint density at radius 1 is 1.27 bits per heavy atom. The molecule has 0 bridgehead atoms. The third kappa shape index (κ3) is 3.20. The van der Waals surface area contributed by atoms with Crippen LogP contribution >= 0.6 is 11.6 Å². The lowest BCUT2D eigenvalue weighted by Gasteiger charge is -2.08.